The zero-order chi connectivity index (χ0) is 7.56. The number of aromatic nitrogens is 2. The van der Waals surface area contributed by atoms with Crippen LogP contribution in [0.25, 0.3) is 0 Å². The van der Waals surface area contributed by atoms with Gasteiger partial charge in [0.05, 0.1) is 17.7 Å². The molecule has 0 atom stereocenters. The summed E-state index contributed by atoms with van der Waals surface area (Å²) in [5.41, 5.74) is 2.05. The van der Waals surface area contributed by atoms with Gasteiger partial charge in [0.1, 0.15) is 0 Å². The zero-order valence-electron chi connectivity index (χ0n) is 6.26. The van der Waals surface area contributed by atoms with E-state index in [1.165, 1.54) is 12.0 Å². The van der Waals surface area contributed by atoms with Crippen molar-refractivity contribution in [1.29, 1.82) is 0 Å². The molecule has 1 heterocycles. The first kappa shape index (κ1) is 7.63. The molecule has 1 rings (SSSR count). The van der Waals surface area contributed by atoms with E-state index < -0.39 is 0 Å². The number of hydrogen-bond acceptors (Lipinski definition) is 3. The molecule has 1 aromatic heterocycles. The summed E-state index contributed by atoms with van der Waals surface area (Å²) in [5, 5.41) is 6.88. The maximum Gasteiger partial charge on any atom is 0.0788 e. The first-order chi connectivity index (χ1) is 4.75. The van der Waals surface area contributed by atoms with Gasteiger partial charge in [0.25, 0.3) is 0 Å². The molecule has 10 heavy (non-hydrogen) atoms. The van der Waals surface area contributed by atoms with Crippen LogP contribution < -0.4 is 0 Å². The molecule has 1 aromatic rings. The van der Waals surface area contributed by atoms with E-state index in [9.17, 15) is 0 Å². The lowest BCUT2D eigenvalue weighted by Crippen LogP contribution is -1.76. The van der Waals surface area contributed by atoms with Gasteiger partial charge < -0.3 is 4.18 Å². The molecule has 3 nitrogen and oxygen atoms in total. The first-order valence-corrected chi connectivity index (χ1v) is 3.72. The highest BCUT2D eigenvalue weighted by atomic mass is 32.2. The van der Waals surface area contributed by atoms with Crippen molar-refractivity contribution in [1.82, 2.24) is 10.2 Å². The summed E-state index contributed by atoms with van der Waals surface area (Å²) in [6.45, 7) is 3.92. The molecular formula is C6H10N2OS. The fraction of sp³-hybridized carbons (Fsp3) is 0.500. The quantitative estimate of drug-likeness (QED) is 0.665. The SMILES string of the molecule is COSc1c(C)n[nH]c1C. The lowest BCUT2D eigenvalue weighted by Gasteiger charge is -1.94. The molecule has 0 spiro atoms. The molecule has 0 amide bonds. The number of aromatic amines is 1. The van der Waals surface area contributed by atoms with Crippen molar-refractivity contribution in [2.75, 3.05) is 7.11 Å². The Bertz CT molecular complexity index is 202. The van der Waals surface area contributed by atoms with Crippen LogP contribution in [0.4, 0.5) is 0 Å². The second-order valence-corrected chi connectivity index (χ2v) is 2.92. The van der Waals surface area contributed by atoms with Gasteiger partial charge in [-0.2, -0.15) is 5.10 Å². The van der Waals surface area contributed by atoms with Crippen LogP contribution in [0.1, 0.15) is 11.4 Å². The van der Waals surface area contributed by atoms with E-state index in [0.29, 0.717) is 0 Å². The summed E-state index contributed by atoms with van der Waals surface area (Å²) in [5.74, 6) is 0. The van der Waals surface area contributed by atoms with Crippen LogP contribution in [0.15, 0.2) is 4.90 Å². The van der Waals surface area contributed by atoms with E-state index in [0.717, 1.165) is 16.3 Å². The number of nitrogens with one attached hydrogen (secondary N) is 1. The molecule has 0 aromatic carbocycles. The lowest BCUT2D eigenvalue weighted by molar-refractivity contribution is 0.489. The molecule has 0 aliphatic heterocycles. The fourth-order valence-electron chi connectivity index (χ4n) is 0.747. The summed E-state index contributed by atoms with van der Waals surface area (Å²) < 4.78 is 4.90. The minimum atomic E-state index is 0.990. The average Bonchev–Trinajstić information content (AvgIpc) is 2.20. The number of nitrogens with zero attached hydrogens (tertiary/aromatic N) is 1. The van der Waals surface area contributed by atoms with Gasteiger partial charge in [-0.15, -0.1) is 0 Å². The predicted molar refractivity (Wildman–Crippen MR) is 40.9 cm³/mol. The summed E-state index contributed by atoms with van der Waals surface area (Å²) in [7, 11) is 1.65. The summed E-state index contributed by atoms with van der Waals surface area (Å²) in [4.78, 5) is 1.09. The average molecular weight is 158 g/mol. The summed E-state index contributed by atoms with van der Waals surface area (Å²) in [6.07, 6.45) is 0. The minimum Gasteiger partial charge on any atom is -0.313 e. The van der Waals surface area contributed by atoms with Gasteiger partial charge in [-0.05, 0) is 13.8 Å². The van der Waals surface area contributed by atoms with Crippen molar-refractivity contribution in [3.8, 4) is 0 Å². The Labute approximate surface area is 64.4 Å². The molecular weight excluding hydrogens is 148 g/mol. The second-order valence-electron chi connectivity index (χ2n) is 2.01. The summed E-state index contributed by atoms with van der Waals surface area (Å²) in [6, 6.07) is 0. The molecule has 0 fully saturated rings. The Morgan fingerprint density at radius 1 is 1.50 bits per heavy atom. The molecule has 56 valence electrons. The highest BCUT2D eigenvalue weighted by Gasteiger charge is 2.05. The van der Waals surface area contributed by atoms with Crippen LogP contribution in [0, 0.1) is 13.8 Å². The van der Waals surface area contributed by atoms with Crippen molar-refractivity contribution < 1.29 is 4.18 Å². The third kappa shape index (κ3) is 1.33. The van der Waals surface area contributed by atoms with E-state index >= 15 is 0 Å². The second kappa shape index (κ2) is 3.07. The van der Waals surface area contributed by atoms with Gasteiger partial charge in [-0.3, -0.25) is 5.10 Å². The number of rotatable bonds is 2. The Balaban J connectivity index is 2.87. The molecule has 0 unspecified atom stereocenters. The van der Waals surface area contributed by atoms with E-state index in [4.69, 9.17) is 4.18 Å². The zero-order valence-corrected chi connectivity index (χ0v) is 7.08. The molecule has 0 saturated carbocycles. The molecule has 0 aliphatic carbocycles. The van der Waals surface area contributed by atoms with E-state index in [1.807, 2.05) is 13.8 Å². The van der Waals surface area contributed by atoms with Crippen molar-refractivity contribution in [3.05, 3.63) is 11.4 Å². The Morgan fingerprint density at radius 2 is 2.20 bits per heavy atom. The van der Waals surface area contributed by atoms with Crippen LogP contribution >= 0.6 is 12.0 Å². The fourth-order valence-corrected chi connectivity index (χ4v) is 1.25. The predicted octanol–water partition coefficient (Wildman–Crippen LogP) is 1.68. The Hall–Kier alpha value is -0.480. The first-order valence-electron chi connectivity index (χ1n) is 2.98. The standard InChI is InChI=1S/C6H10N2OS/c1-4-6(10-9-3)5(2)8-7-4/h1-3H3,(H,7,8). The van der Waals surface area contributed by atoms with Gasteiger partial charge in [0, 0.05) is 17.7 Å². The smallest absolute Gasteiger partial charge is 0.0788 e. The van der Waals surface area contributed by atoms with Crippen LogP contribution in [-0.4, -0.2) is 17.3 Å². The van der Waals surface area contributed by atoms with Crippen LogP contribution in [0.2, 0.25) is 0 Å². The number of hydrogen-bond donors (Lipinski definition) is 1. The van der Waals surface area contributed by atoms with E-state index in [2.05, 4.69) is 10.2 Å². The van der Waals surface area contributed by atoms with Crippen molar-refractivity contribution >= 4 is 12.0 Å². The normalized spacial score (nSPS) is 10.3. The largest absolute Gasteiger partial charge is 0.313 e. The maximum absolute atomic E-state index is 4.90. The van der Waals surface area contributed by atoms with Gasteiger partial charge >= 0.3 is 0 Å². The molecule has 0 radical (unpaired) electrons. The monoisotopic (exact) mass is 158 g/mol. The minimum absolute atomic E-state index is 0.990. The molecule has 0 aliphatic rings. The van der Waals surface area contributed by atoms with Gasteiger partial charge in [-0.25, -0.2) is 0 Å². The summed E-state index contributed by atoms with van der Waals surface area (Å²) >= 11 is 1.34. The van der Waals surface area contributed by atoms with Gasteiger partial charge in [0.2, 0.25) is 0 Å². The number of aryl methyl sites for hydroxylation is 2. The third-order valence-corrected chi connectivity index (χ3v) is 2.16. The molecule has 4 heteroatoms. The van der Waals surface area contributed by atoms with Crippen molar-refractivity contribution in [2.24, 2.45) is 0 Å². The van der Waals surface area contributed by atoms with Gasteiger partial charge in [0.15, 0.2) is 0 Å². The Kier molecular flexibility index (Phi) is 2.34. The number of H-pyrrole nitrogens is 1. The Morgan fingerprint density at radius 3 is 2.60 bits per heavy atom. The molecule has 0 bridgehead atoms. The van der Waals surface area contributed by atoms with Crippen LogP contribution in [0.5, 0.6) is 0 Å². The van der Waals surface area contributed by atoms with Crippen molar-refractivity contribution in [2.45, 2.75) is 18.7 Å². The van der Waals surface area contributed by atoms with Crippen LogP contribution in [0.3, 0.4) is 0 Å². The highest BCUT2D eigenvalue weighted by molar-refractivity contribution is 7.94. The molecule has 1 N–H and O–H groups in total. The third-order valence-electron chi connectivity index (χ3n) is 1.23. The maximum atomic E-state index is 4.90. The highest BCUT2D eigenvalue weighted by Crippen LogP contribution is 2.23. The van der Waals surface area contributed by atoms with E-state index in [1.54, 1.807) is 7.11 Å². The topological polar surface area (TPSA) is 37.9 Å². The van der Waals surface area contributed by atoms with Gasteiger partial charge in [-0.1, -0.05) is 0 Å². The van der Waals surface area contributed by atoms with Crippen molar-refractivity contribution in [3.63, 3.8) is 0 Å². The van der Waals surface area contributed by atoms with E-state index in [-0.39, 0.29) is 0 Å². The lowest BCUT2D eigenvalue weighted by atomic mass is 10.4. The van der Waals surface area contributed by atoms with Crippen LogP contribution in [-0.2, 0) is 4.18 Å². The molecule has 0 saturated heterocycles.